The van der Waals surface area contributed by atoms with Gasteiger partial charge < -0.3 is 9.84 Å². The number of aliphatic hydroxyl groups excluding tert-OH is 1. The molecule has 0 spiro atoms. The van der Waals surface area contributed by atoms with Crippen molar-refractivity contribution in [1.82, 2.24) is 0 Å². The van der Waals surface area contributed by atoms with Gasteiger partial charge in [-0.05, 0) is 0 Å². The van der Waals surface area contributed by atoms with Crippen molar-refractivity contribution in [2.75, 3.05) is 13.7 Å². The molecule has 3 heteroatoms. The van der Waals surface area contributed by atoms with E-state index in [0.717, 1.165) is 0 Å². The second kappa shape index (κ2) is 6.20. The number of carbonyl (C=O) groups is 1. The number of ketones is 1. The van der Waals surface area contributed by atoms with E-state index in [9.17, 15) is 9.90 Å². The molecule has 3 nitrogen and oxygen atoms in total. The molecule has 1 aromatic carbocycles. The molecule has 0 aliphatic carbocycles. The van der Waals surface area contributed by atoms with Crippen LogP contribution < -0.4 is 0 Å². The van der Waals surface area contributed by atoms with Gasteiger partial charge in [-0.15, -0.1) is 6.58 Å². The molecule has 0 saturated heterocycles. The Morgan fingerprint density at radius 2 is 2.12 bits per heavy atom. The van der Waals surface area contributed by atoms with E-state index in [4.69, 9.17) is 4.74 Å². The van der Waals surface area contributed by atoms with Crippen LogP contribution in [0.3, 0.4) is 0 Å². The molecule has 0 aromatic heterocycles. The Balaban J connectivity index is 2.87. The van der Waals surface area contributed by atoms with Gasteiger partial charge >= 0.3 is 0 Å². The zero-order valence-corrected chi connectivity index (χ0v) is 9.30. The van der Waals surface area contributed by atoms with Crippen molar-refractivity contribution >= 4 is 5.78 Å². The van der Waals surface area contributed by atoms with Crippen LogP contribution in [-0.2, 0) is 4.74 Å². The number of hydrogen-bond donors (Lipinski definition) is 1. The standard InChI is InChI=1S/C13H16O3/c1-3-12(14)11(9-16-2)13(15)10-7-5-4-6-8-10/h3-8,11-12,14H,1,9H2,2H3. The molecule has 1 N–H and O–H groups in total. The molecule has 0 saturated carbocycles. The number of rotatable bonds is 6. The molecule has 1 aromatic rings. The minimum atomic E-state index is -0.882. The summed E-state index contributed by atoms with van der Waals surface area (Å²) in [6.45, 7) is 3.66. The summed E-state index contributed by atoms with van der Waals surface area (Å²) < 4.78 is 4.94. The van der Waals surface area contributed by atoms with Crippen molar-refractivity contribution in [3.8, 4) is 0 Å². The Bertz CT molecular complexity index is 345. The number of benzene rings is 1. The largest absolute Gasteiger partial charge is 0.388 e. The highest BCUT2D eigenvalue weighted by molar-refractivity contribution is 5.98. The van der Waals surface area contributed by atoms with Gasteiger partial charge in [0, 0.05) is 12.7 Å². The van der Waals surface area contributed by atoms with Crippen LogP contribution in [-0.4, -0.2) is 30.7 Å². The van der Waals surface area contributed by atoms with Crippen molar-refractivity contribution in [2.45, 2.75) is 6.10 Å². The molecule has 1 rings (SSSR count). The molecule has 2 atom stereocenters. The highest BCUT2D eigenvalue weighted by Gasteiger charge is 2.25. The normalized spacial score (nSPS) is 14.1. The molecule has 0 radical (unpaired) electrons. The van der Waals surface area contributed by atoms with E-state index in [1.54, 1.807) is 24.3 Å². The Morgan fingerprint density at radius 3 is 2.62 bits per heavy atom. The summed E-state index contributed by atoms with van der Waals surface area (Å²) in [6.07, 6.45) is 0.470. The lowest BCUT2D eigenvalue weighted by atomic mass is 9.93. The molecule has 0 bridgehead atoms. The lowest BCUT2D eigenvalue weighted by Crippen LogP contribution is -2.30. The third kappa shape index (κ3) is 3.02. The number of ether oxygens (including phenoxy) is 1. The quantitative estimate of drug-likeness (QED) is 0.586. The third-order valence-corrected chi connectivity index (χ3v) is 2.40. The average Bonchev–Trinajstić information content (AvgIpc) is 2.35. The predicted octanol–water partition coefficient (Wildman–Crippen LogP) is 1.68. The maximum atomic E-state index is 12.0. The van der Waals surface area contributed by atoms with Gasteiger partial charge in [0.05, 0.1) is 18.6 Å². The van der Waals surface area contributed by atoms with Crippen LogP contribution in [0, 0.1) is 5.92 Å². The summed E-state index contributed by atoms with van der Waals surface area (Å²) >= 11 is 0. The SMILES string of the molecule is C=CC(O)C(COC)C(=O)c1ccccc1. The molecule has 16 heavy (non-hydrogen) atoms. The second-order valence-corrected chi connectivity index (χ2v) is 3.52. The Hall–Kier alpha value is -1.45. The zero-order valence-electron chi connectivity index (χ0n) is 9.30. The van der Waals surface area contributed by atoms with Crippen molar-refractivity contribution < 1.29 is 14.6 Å². The molecular weight excluding hydrogens is 204 g/mol. The van der Waals surface area contributed by atoms with Gasteiger partial charge in [-0.3, -0.25) is 4.79 Å². The van der Waals surface area contributed by atoms with Crippen molar-refractivity contribution in [3.63, 3.8) is 0 Å². The first kappa shape index (κ1) is 12.6. The molecule has 0 amide bonds. The van der Waals surface area contributed by atoms with Crippen molar-refractivity contribution in [2.24, 2.45) is 5.92 Å². The first-order valence-electron chi connectivity index (χ1n) is 5.09. The summed E-state index contributed by atoms with van der Waals surface area (Å²) in [6, 6.07) is 8.86. The van der Waals surface area contributed by atoms with Crippen LogP contribution in [0.1, 0.15) is 10.4 Å². The molecule has 0 aliphatic rings. The van der Waals surface area contributed by atoms with E-state index in [0.29, 0.717) is 5.56 Å². The van der Waals surface area contributed by atoms with Gasteiger partial charge in [-0.2, -0.15) is 0 Å². The number of Topliss-reactive ketones (excluding diaryl/α,β-unsaturated/α-hetero) is 1. The summed E-state index contributed by atoms with van der Waals surface area (Å²) in [7, 11) is 1.50. The zero-order chi connectivity index (χ0) is 12.0. The van der Waals surface area contributed by atoms with Crippen molar-refractivity contribution in [1.29, 1.82) is 0 Å². The average molecular weight is 220 g/mol. The van der Waals surface area contributed by atoms with Gasteiger partial charge in [0.15, 0.2) is 5.78 Å². The van der Waals surface area contributed by atoms with E-state index in [1.807, 2.05) is 6.07 Å². The molecule has 86 valence electrons. The smallest absolute Gasteiger partial charge is 0.171 e. The van der Waals surface area contributed by atoms with Gasteiger partial charge in [-0.25, -0.2) is 0 Å². The van der Waals surface area contributed by atoms with E-state index < -0.39 is 12.0 Å². The lowest BCUT2D eigenvalue weighted by Gasteiger charge is -2.18. The molecule has 0 heterocycles. The fraction of sp³-hybridized carbons (Fsp3) is 0.308. The number of carbonyl (C=O) groups excluding carboxylic acids is 1. The topological polar surface area (TPSA) is 46.5 Å². The number of methoxy groups -OCH3 is 1. The van der Waals surface area contributed by atoms with Crippen LogP contribution in [0.15, 0.2) is 43.0 Å². The summed E-state index contributed by atoms with van der Waals surface area (Å²) in [5, 5.41) is 9.66. The first-order chi connectivity index (χ1) is 7.70. The summed E-state index contributed by atoms with van der Waals surface area (Å²) in [5.74, 6) is -0.722. The van der Waals surface area contributed by atoms with Gasteiger partial charge in [-0.1, -0.05) is 36.4 Å². The van der Waals surface area contributed by atoms with Gasteiger partial charge in [0.1, 0.15) is 0 Å². The Kier molecular flexibility index (Phi) is 4.89. The van der Waals surface area contributed by atoms with Crippen LogP contribution in [0.5, 0.6) is 0 Å². The molecular formula is C13H16O3. The van der Waals surface area contributed by atoms with Crippen LogP contribution >= 0.6 is 0 Å². The first-order valence-corrected chi connectivity index (χ1v) is 5.09. The van der Waals surface area contributed by atoms with Gasteiger partial charge in [0.25, 0.3) is 0 Å². The molecule has 0 aliphatic heterocycles. The van der Waals surface area contributed by atoms with Crippen LogP contribution in [0.25, 0.3) is 0 Å². The fourth-order valence-corrected chi connectivity index (χ4v) is 1.49. The van der Waals surface area contributed by atoms with E-state index in [2.05, 4.69) is 6.58 Å². The Labute approximate surface area is 95.4 Å². The maximum absolute atomic E-state index is 12.0. The second-order valence-electron chi connectivity index (χ2n) is 3.52. The minimum Gasteiger partial charge on any atom is -0.388 e. The van der Waals surface area contributed by atoms with E-state index in [-0.39, 0.29) is 12.4 Å². The highest BCUT2D eigenvalue weighted by atomic mass is 16.5. The number of aliphatic hydroxyl groups is 1. The van der Waals surface area contributed by atoms with Crippen molar-refractivity contribution in [3.05, 3.63) is 48.6 Å². The molecule has 0 fully saturated rings. The van der Waals surface area contributed by atoms with Gasteiger partial charge in [0.2, 0.25) is 0 Å². The minimum absolute atomic E-state index is 0.130. The molecule has 2 unspecified atom stereocenters. The monoisotopic (exact) mass is 220 g/mol. The van der Waals surface area contributed by atoms with E-state index in [1.165, 1.54) is 13.2 Å². The lowest BCUT2D eigenvalue weighted by molar-refractivity contribution is 0.0547. The predicted molar refractivity (Wildman–Crippen MR) is 62.3 cm³/mol. The van der Waals surface area contributed by atoms with E-state index >= 15 is 0 Å². The fourth-order valence-electron chi connectivity index (χ4n) is 1.49. The third-order valence-electron chi connectivity index (χ3n) is 2.40. The Morgan fingerprint density at radius 1 is 1.50 bits per heavy atom. The maximum Gasteiger partial charge on any atom is 0.171 e. The summed E-state index contributed by atoms with van der Waals surface area (Å²) in [4.78, 5) is 12.0. The highest BCUT2D eigenvalue weighted by Crippen LogP contribution is 2.14. The van der Waals surface area contributed by atoms with Crippen LogP contribution in [0.2, 0.25) is 0 Å². The summed E-state index contributed by atoms with van der Waals surface area (Å²) in [5.41, 5.74) is 0.574. The number of hydrogen-bond acceptors (Lipinski definition) is 3. The van der Waals surface area contributed by atoms with Crippen LogP contribution in [0.4, 0.5) is 0 Å².